The van der Waals surface area contributed by atoms with Crippen molar-refractivity contribution in [1.82, 2.24) is 9.97 Å². The van der Waals surface area contributed by atoms with Gasteiger partial charge in [0.2, 0.25) is 0 Å². The number of aromatic nitrogens is 2. The Labute approximate surface area is 140 Å². The summed E-state index contributed by atoms with van der Waals surface area (Å²) in [5.41, 5.74) is 2.40. The third-order valence-corrected chi connectivity index (χ3v) is 4.22. The first-order valence-corrected chi connectivity index (χ1v) is 8.16. The second kappa shape index (κ2) is 5.82. The van der Waals surface area contributed by atoms with Crippen LogP contribution >= 0.6 is 15.9 Å². The highest BCUT2D eigenvalue weighted by Gasteiger charge is 2.21. The number of hydrogen-bond donors (Lipinski definition) is 2. The Kier molecular flexibility index (Phi) is 3.66. The molecule has 0 aliphatic carbocycles. The molecule has 23 heavy (non-hydrogen) atoms. The van der Waals surface area contributed by atoms with Crippen molar-refractivity contribution in [2.75, 3.05) is 11.9 Å². The molecule has 1 atom stereocenters. The van der Waals surface area contributed by atoms with Gasteiger partial charge in [0.1, 0.15) is 11.9 Å². The molecule has 1 aliphatic rings. The van der Waals surface area contributed by atoms with Crippen molar-refractivity contribution < 1.29 is 13.9 Å². The number of ether oxygens (including phenoxy) is 1. The van der Waals surface area contributed by atoms with E-state index in [-0.39, 0.29) is 17.8 Å². The molecule has 0 saturated carbocycles. The minimum Gasteiger partial charge on any atom is -0.444 e. The second-order valence-electron chi connectivity index (χ2n) is 5.41. The van der Waals surface area contributed by atoms with Crippen LogP contribution in [0, 0.1) is 0 Å². The molecule has 0 bridgehead atoms. The zero-order valence-electron chi connectivity index (χ0n) is 12.1. The van der Waals surface area contributed by atoms with E-state index in [4.69, 9.17) is 9.15 Å². The van der Waals surface area contributed by atoms with Gasteiger partial charge in [-0.3, -0.25) is 4.79 Å². The lowest BCUT2D eigenvalue weighted by molar-refractivity contribution is 0.0995. The van der Waals surface area contributed by atoms with Gasteiger partial charge in [0, 0.05) is 12.3 Å². The molecule has 2 N–H and O–H groups in total. The number of hydrogen-bond acceptors (Lipinski definition) is 4. The molecule has 3 aromatic rings. The van der Waals surface area contributed by atoms with Crippen LogP contribution in [0.3, 0.4) is 0 Å². The van der Waals surface area contributed by atoms with Crippen molar-refractivity contribution in [2.24, 2.45) is 0 Å². The number of halogens is 1. The van der Waals surface area contributed by atoms with Crippen LogP contribution in [0.15, 0.2) is 39.4 Å². The van der Waals surface area contributed by atoms with E-state index >= 15 is 0 Å². The van der Waals surface area contributed by atoms with Crippen LogP contribution in [-0.2, 0) is 4.74 Å². The predicted molar refractivity (Wildman–Crippen MR) is 88.4 cm³/mol. The van der Waals surface area contributed by atoms with Gasteiger partial charge in [-0.2, -0.15) is 0 Å². The average Bonchev–Trinajstić information content (AvgIpc) is 3.26. The molecule has 4 rings (SSSR count). The Morgan fingerprint density at radius 2 is 2.26 bits per heavy atom. The van der Waals surface area contributed by atoms with Crippen LogP contribution in [0.25, 0.3) is 11.0 Å². The number of anilines is 1. The van der Waals surface area contributed by atoms with Gasteiger partial charge in [0.25, 0.3) is 5.91 Å². The molecule has 2 aromatic heterocycles. The number of rotatable bonds is 3. The van der Waals surface area contributed by atoms with Gasteiger partial charge in [-0.25, -0.2) is 4.98 Å². The summed E-state index contributed by atoms with van der Waals surface area (Å²) in [6, 6.07) is 8.84. The van der Waals surface area contributed by atoms with Gasteiger partial charge in [0.05, 0.1) is 11.0 Å². The maximum atomic E-state index is 12.1. The normalized spacial score (nSPS) is 17.7. The van der Waals surface area contributed by atoms with Gasteiger partial charge in [-0.15, -0.1) is 0 Å². The number of furan rings is 1. The molecular formula is C16H14BrN3O3. The van der Waals surface area contributed by atoms with E-state index in [1.165, 1.54) is 0 Å². The lowest BCUT2D eigenvalue weighted by Gasteiger charge is -2.03. The monoisotopic (exact) mass is 375 g/mol. The predicted octanol–water partition coefficient (Wildman–Crippen LogP) is 4.02. The number of fused-ring (bicyclic) bond motifs is 1. The minimum absolute atomic E-state index is 0.0425. The molecule has 6 nitrogen and oxygen atoms in total. The third-order valence-electron chi connectivity index (χ3n) is 3.79. The van der Waals surface area contributed by atoms with Crippen LogP contribution in [0.5, 0.6) is 0 Å². The quantitative estimate of drug-likeness (QED) is 0.724. The third kappa shape index (κ3) is 2.89. The molecular weight excluding hydrogens is 362 g/mol. The second-order valence-corrected chi connectivity index (χ2v) is 6.20. The number of H-pyrrole nitrogens is 1. The molecule has 0 spiro atoms. The van der Waals surface area contributed by atoms with Crippen LogP contribution in [0.1, 0.15) is 35.3 Å². The Hall–Kier alpha value is -2.12. The summed E-state index contributed by atoms with van der Waals surface area (Å²) in [5.74, 6) is 0.798. The Balaban J connectivity index is 1.57. The van der Waals surface area contributed by atoms with Gasteiger partial charge in [-0.1, -0.05) is 0 Å². The Bertz CT molecular complexity index is 864. The summed E-state index contributed by atoms with van der Waals surface area (Å²) in [6.07, 6.45) is 2.08. The van der Waals surface area contributed by atoms with E-state index < -0.39 is 0 Å². The molecule has 3 heterocycles. The summed E-state index contributed by atoms with van der Waals surface area (Å²) in [6.45, 7) is 0.779. The lowest BCUT2D eigenvalue weighted by atomic mass is 10.2. The van der Waals surface area contributed by atoms with Crippen molar-refractivity contribution in [3.8, 4) is 0 Å². The highest BCUT2D eigenvalue weighted by Crippen LogP contribution is 2.28. The van der Waals surface area contributed by atoms with Crippen LogP contribution in [0.4, 0.5) is 5.69 Å². The highest BCUT2D eigenvalue weighted by molar-refractivity contribution is 9.10. The van der Waals surface area contributed by atoms with E-state index in [0.717, 1.165) is 36.3 Å². The number of benzene rings is 1. The lowest BCUT2D eigenvalue weighted by Crippen LogP contribution is -2.10. The number of aromatic amines is 1. The van der Waals surface area contributed by atoms with E-state index in [1.807, 2.05) is 18.2 Å². The van der Waals surface area contributed by atoms with E-state index in [1.54, 1.807) is 12.1 Å². The van der Waals surface area contributed by atoms with Crippen molar-refractivity contribution in [1.29, 1.82) is 0 Å². The molecule has 1 aliphatic heterocycles. The van der Waals surface area contributed by atoms with Gasteiger partial charge < -0.3 is 19.5 Å². The smallest absolute Gasteiger partial charge is 0.291 e. The van der Waals surface area contributed by atoms with E-state index in [2.05, 4.69) is 31.2 Å². The van der Waals surface area contributed by atoms with Gasteiger partial charge in [-0.05, 0) is 59.1 Å². The maximum absolute atomic E-state index is 12.1. The standard InChI is InChI=1S/C16H14BrN3O3/c17-14-6-5-13(23-14)16(21)18-9-3-4-10-11(8-9)20-15(19-10)12-2-1-7-22-12/h3-6,8,12H,1-2,7H2,(H,18,21)(H,19,20). The topological polar surface area (TPSA) is 80.1 Å². The first-order chi connectivity index (χ1) is 11.2. The summed E-state index contributed by atoms with van der Waals surface area (Å²) < 4.78 is 11.4. The molecule has 1 saturated heterocycles. The van der Waals surface area contributed by atoms with E-state index in [9.17, 15) is 4.79 Å². The summed E-state index contributed by atoms with van der Waals surface area (Å²) in [7, 11) is 0. The largest absolute Gasteiger partial charge is 0.444 e. The molecule has 1 unspecified atom stereocenters. The number of nitrogens with one attached hydrogen (secondary N) is 2. The van der Waals surface area contributed by atoms with Crippen LogP contribution < -0.4 is 5.32 Å². The summed E-state index contributed by atoms with van der Waals surface area (Å²) in [5, 5.41) is 2.81. The van der Waals surface area contributed by atoms with Crippen molar-refractivity contribution in [3.05, 3.63) is 46.6 Å². The molecule has 1 fully saturated rings. The Morgan fingerprint density at radius 1 is 1.35 bits per heavy atom. The zero-order valence-corrected chi connectivity index (χ0v) is 13.7. The van der Waals surface area contributed by atoms with Crippen LogP contribution in [-0.4, -0.2) is 22.5 Å². The fourth-order valence-corrected chi connectivity index (χ4v) is 2.99. The van der Waals surface area contributed by atoms with Gasteiger partial charge >= 0.3 is 0 Å². The maximum Gasteiger partial charge on any atom is 0.291 e. The number of amides is 1. The molecule has 0 radical (unpaired) electrons. The fraction of sp³-hybridized carbons (Fsp3) is 0.250. The highest BCUT2D eigenvalue weighted by atomic mass is 79.9. The summed E-state index contributed by atoms with van der Waals surface area (Å²) in [4.78, 5) is 19.9. The molecule has 1 aromatic carbocycles. The number of imidazole rings is 1. The number of carbonyl (C=O) groups excluding carboxylic acids is 1. The van der Waals surface area contributed by atoms with Crippen LogP contribution in [0.2, 0.25) is 0 Å². The molecule has 1 amide bonds. The number of nitrogens with zero attached hydrogens (tertiary/aromatic N) is 1. The first kappa shape index (κ1) is 14.5. The summed E-state index contributed by atoms with van der Waals surface area (Å²) >= 11 is 3.18. The molecule has 118 valence electrons. The fourth-order valence-electron chi connectivity index (χ4n) is 2.68. The average molecular weight is 376 g/mol. The van der Waals surface area contributed by atoms with Gasteiger partial charge in [0.15, 0.2) is 10.4 Å². The van der Waals surface area contributed by atoms with Crippen molar-refractivity contribution >= 4 is 38.6 Å². The Morgan fingerprint density at radius 3 is 3.00 bits per heavy atom. The molecule has 7 heteroatoms. The zero-order chi connectivity index (χ0) is 15.8. The SMILES string of the molecule is O=C(Nc1ccc2nc(C3CCCO3)[nH]c2c1)c1ccc(Br)o1. The van der Waals surface area contributed by atoms with Crippen molar-refractivity contribution in [3.63, 3.8) is 0 Å². The minimum atomic E-state index is -0.297. The van der Waals surface area contributed by atoms with Crippen molar-refractivity contribution in [2.45, 2.75) is 18.9 Å². The number of carbonyl (C=O) groups is 1. The van der Waals surface area contributed by atoms with E-state index in [0.29, 0.717) is 10.4 Å². The first-order valence-electron chi connectivity index (χ1n) is 7.37.